The number of hydrogen-bond donors (Lipinski definition) is 1. The number of aromatic amines is 1. The lowest BCUT2D eigenvalue weighted by Crippen LogP contribution is -1.80. The SMILES string of the molecule is CCc1cc(-c2cc(Br)ccc2Cl)n[nH]1. The zero-order valence-corrected chi connectivity index (χ0v) is 10.6. The minimum atomic E-state index is 0.715. The predicted molar refractivity (Wildman–Crippen MR) is 66.1 cm³/mol. The van der Waals surface area contributed by atoms with E-state index in [2.05, 4.69) is 33.1 Å². The van der Waals surface area contributed by atoms with Gasteiger partial charge in [-0.1, -0.05) is 34.5 Å². The smallest absolute Gasteiger partial charge is 0.0938 e. The molecule has 2 nitrogen and oxygen atoms in total. The number of nitrogens with zero attached hydrogens (tertiary/aromatic N) is 1. The number of hydrogen-bond acceptors (Lipinski definition) is 1. The molecule has 0 spiro atoms. The van der Waals surface area contributed by atoms with Crippen molar-refractivity contribution in [3.8, 4) is 11.3 Å². The first kappa shape index (κ1) is 10.7. The van der Waals surface area contributed by atoms with Crippen molar-refractivity contribution in [1.82, 2.24) is 10.2 Å². The maximum absolute atomic E-state index is 6.11. The minimum absolute atomic E-state index is 0.715. The third-order valence-corrected chi connectivity index (χ3v) is 3.04. The minimum Gasteiger partial charge on any atom is -0.282 e. The second-order valence-corrected chi connectivity index (χ2v) is 4.58. The first-order valence-electron chi connectivity index (χ1n) is 4.70. The zero-order valence-electron chi connectivity index (χ0n) is 8.22. The largest absolute Gasteiger partial charge is 0.282 e. The van der Waals surface area contributed by atoms with Gasteiger partial charge in [0.15, 0.2) is 0 Å². The van der Waals surface area contributed by atoms with Crippen LogP contribution in [0.4, 0.5) is 0 Å². The third kappa shape index (κ3) is 2.24. The Morgan fingerprint density at radius 2 is 2.20 bits per heavy atom. The molecule has 15 heavy (non-hydrogen) atoms. The van der Waals surface area contributed by atoms with Gasteiger partial charge < -0.3 is 0 Å². The summed E-state index contributed by atoms with van der Waals surface area (Å²) in [7, 11) is 0. The van der Waals surface area contributed by atoms with Crippen molar-refractivity contribution in [1.29, 1.82) is 0 Å². The molecule has 0 atom stereocenters. The molecule has 2 rings (SSSR count). The van der Waals surface area contributed by atoms with Gasteiger partial charge in [0.25, 0.3) is 0 Å². The number of aromatic nitrogens is 2. The molecule has 78 valence electrons. The van der Waals surface area contributed by atoms with Crippen LogP contribution in [0.15, 0.2) is 28.7 Å². The number of halogens is 2. The average Bonchev–Trinajstić information content (AvgIpc) is 2.70. The van der Waals surface area contributed by atoms with Crippen LogP contribution in [-0.4, -0.2) is 10.2 Å². The van der Waals surface area contributed by atoms with Gasteiger partial charge in [-0.15, -0.1) is 0 Å². The average molecular weight is 286 g/mol. The van der Waals surface area contributed by atoms with Gasteiger partial charge >= 0.3 is 0 Å². The van der Waals surface area contributed by atoms with Crippen molar-refractivity contribution >= 4 is 27.5 Å². The van der Waals surface area contributed by atoms with Gasteiger partial charge in [-0.3, -0.25) is 5.10 Å². The predicted octanol–water partition coefficient (Wildman–Crippen LogP) is 4.06. The molecule has 0 fully saturated rings. The van der Waals surface area contributed by atoms with Crippen LogP contribution in [0.25, 0.3) is 11.3 Å². The van der Waals surface area contributed by atoms with E-state index in [4.69, 9.17) is 11.6 Å². The Kier molecular flexibility index (Phi) is 3.12. The third-order valence-electron chi connectivity index (χ3n) is 2.22. The first-order valence-corrected chi connectivity index (χ1v) is 5.87. The monoisotopic (exact) mass is 284 g/mol. The molecule has 0 saturated carbocycles. The van der Waals surface area contributed by atoms with E-state index in [0.29, 0.717) is 5.02 Å². The number of nitrogens with one attached hydrogen (secondary N) is 1. The van der Waals surface area contributed by atoms with Crippen LogP contribution < -0.4 is 0 Å². The van der Waals surface area contributed by atoms with Crippen molar-refractivity contribution in [2.24, 2.45) is 0 Å². The van der Waals surface area contributed by atoms with Crippen molar-refractivity contribution in [3.05, 3.63) is 39.5 Å². The van der Waals surface area contributed by atoms with E-state index >= 15 is 0 Å². The van der Waals surface area contributed by atoms with E-state index in [1.807, 2.05) is 24.3 Å². The fraction of sp³-hybridized carbons (Fsp3) is 0.182. The summed E-state index contributed by atoms with van der Waals surface area (Å²) in [5, 5.41) is 7.92. The fourth-order valence-electron chi connectivity index (χ4n) is 1.37. The van der Waals surface area contributed by atoms with Crippen molar-refractivity contribution in [2.75, 3.05) is 0 Å². The topological polar surface area (TPSA) is 28.7 Å². The Morgan fingerprint density at radius 1 is 1.40 bits per heavy atom. The van der Waals surface area contributed by atoms with E-state index in [0.717, 1.165) is 27.8 Å². The van der Waals surface area contributed by atoms with Crippen LogP contribution in [0.5, 0.6) is 0 Å². The van der Waals surface area contributed by atoms with Gasteiger partial charge in [0.1, 0.15) is 0 Å². The molecule has 2 aromatic rings. The highest BCUT2D eigenvalue weighted by atomic mass is 79.9. The van der Waals surface area contributed by atoms with Gasteiger partial charge in [0, 0.05) is 15.7 Å². The molecule has 0 aliphatic rings. The van der Waals surface area contributed by atoms with E-state index in [9.17, 15) is 0 Å². The van der Waals surface area contributed by atoms with Gasteiger partial charge in [0.2, 0.25) is 0 Å². The van der Waals surface area contributed by atoms with Crippen LogP contribution in [0, 0.1) is 0 Å². The number of H-pyrrole nitrogens is 1. The van der Waals surface area contributed by atoms with Gasteiger partial charge in [0.05, 0.1) is 10.7 Å². The van der Waals surface area contributed by atoms with Gasteiger partial charge in [-0.25, -0.2) is 0 Å². The summed E-state index contributed by atoms with van der Waals surface area (Å²) in [6, 6.07) is 7.77. The first-order chi connectivity index (χ1) is 7.20. The lowest BCUT2D eigenvalue weighted by atomic mass is 10.1. The fourth-order valence-corrected chi connectivity index (χ4v) is 1.95. The molecule has 1 aromatic heterocycles. The molecule has 1 heterocycles. The Morgan fingerprint density at radius 3 is 2.87 bits per heavy atom. The van der Waals surface area contributed by atoms with Gasteiger partial charge in [-0.2, -0.15) is 5.10 Å². The van der Waals surface area contributed by atoms with E-state index in [-0.39, 0.29) is 0 Å². The Balaban J connectivity index is 2.48. The highest BCUT2D eigenvalue weighted by molar-refractivity contribution is 9.10. The number of aryl methyl sites for hydroxylation is 1. The summed E-state index contributed by atoms with van der Waals surface area (Å²) < 4.78 is 1.00. The molecule has 0 unspecified atom stereocenters. The van der Waals surface area contributed by atoms with Crippen molar-refractivity contribution < 1.29 is 0 Å². The summed E-state index contributed by atoms with van der Waals surface area (Å²) in [4.78, 5) is 0. The highest BCUT2D eigenvalue weighted by Crippen LogP contribution is 2.29. The maximum Gasteiger partial charge on any atom is 0.0938 e. The molecule has 0 aliphatic carbocycles. The molecular weight excluding hydrogens is 275 g/mol. The highest BCUT2D eigenvalue weighted by Gasteiger charge is 2.07. The lowest BCUT2D eigenvalue weighted by Gasteiger charge is -2.00. The van der Waals surface area contributed by atoms with Gasteiger partial charge in [-0.05, 0) is 30.7 Å². The van der Waals surface area contributed by atoms with E-state index in [1.54, 1.807) is 0 Å². The Bertz CT molecular complexity index is 479. The molecule has 0 aliphatic heterocycles. The quantitative estimate of drug-likeness (QED) is 0.886. The Labute approximate surface area is 102 Å². The lowest BCUT2D eigenvalue weighted by molar-refractivity contribution is 0.976. The molecular formula is C11H10BrClN2. The summed E-state index contributed by atoms with van der Waals surface area (Å²) in [5.74, 6) is 0. The molecule has 0 radical (unpaired) electrons. The maximum atomic E-state index is 6.11. The van der Waals surface area contributed by atoms with Crippen LogP contribution >= 0.6 is 27.5 Å². The molecule has 1 aromatic carbocycles. The molecule has 1 N–H and O–H groups in total. The van der Waals surface area contributed by atoms with Crippen molar-refractivity contribution in [3.63, 3.8) is 0 Å². The Hall–Kier alpha value is -0.800. The summed E-state index contributed by atoms with van der Waals surface area (Å²) in [5.41, 5.74) is 2.95. The second-order valence-electron chi connectivity index (χ2n) is 3.26. The molecule has 0 amide bonds. The summed E-state index contributed by atoms with van der Waals surface area (Å²) in [6.45, 7) is 2.08. The van der Waals surface area contributed by atoms with Crippen LogP contribution in [0.2, 0.25) is 5.02 Å². The van der Waals surface area contributed by atoms with Crippen LogP contribution in [0.3, 0.4) is 0 Å². The molecule has 0 saturated heterocycles. The van der Waals surface area contributed by atoms with Crippen LogP contribution in [0.1, 0.15) is 12.6 Å². The second kappa shape index (κ2) is 4.37. The van der Waals surface area contributed by atoms with Crippen molar-refractivity contribution in [2.45, 2.75) is 13.3 Å². The van der Waals surface area contributed by atoms with E-state index in [1.165, 1.54) is 0 Å². The zero-order chi connectivity index (χ0) is 10.8. The normalized spacial score (nSPS) is 10.6. The van der Waals surface area contributed by atoms with Crippen LogP contribution in [-0.2, 0) is 6.42 Å². The summed E-state index contributed by atoms with van der Waals surface area (Å²) in [6.07, 6.45) is 0.943. The molecule has 4 heteroatoms. The summed E-state index contributed by atoms with van der Waals surface area (Å²) >= 11 is 9.53. The number of rotatable bonds is 2. The standard InChI is InChI=1S/C11H10BrClN2/c1-2-8-6-11(15-14-8)9-5-7(12)3-4-10(9)13/h3-6H,2H2,1H3,(H,14,15). The number of benzene rings is 1. The van der Waals surface area contributed by atoms with E-state index < -0.39 is 0 Å². The molecule has 0 bridgehead atoms.